The van der Waals surface area contributed by atoms with Crippen LogP contribution in [0.1, 0.15) is 30.0 Å². The van der Waals surface area contributed by atoms with Crippen molar-refractivity contribution in [1.82, 2.24) is 9.97 Å². The standard InChI is InChI=1S/C13H14N2O2/c1-3-9-12(13(16)17-4-2)15-11-8-6-5-7-10(11)14-9/h5-8H,3-4H2,1-2H3. The number of nitrogens with zero attached hydrogens (tertiary/aromatic N) is 2. The van der Waals surface area contributed by atoms with Crippen LogP contribution in [0.25, 0.3) is 11.0 Å². The van der Waals surface area contributed by atoms with E-state index in [2.05, 4.69) is 9.97 Å². The zero-order chi connectivity index (χ0) is 12.3. The van der Waals surface area contributed by atoms with Gasteiger partial charge >= 0.3 is 5.97 Å². The Morgan fingerprint density at radius 3 is 2.41 bits per heavy atom. The zero-order valence-corrected chi connectivity index (χ0v) is 9.93. The number of rotatable bonds is 3. The molecule has 0 atom stereocenters. The fourth-order valence-corrected chi connectivity index (χ4v) is 1.65. The maximum Gasteiger partial charge on any atom is 0.358 e. The molecule has 1 aromatic carbocycles. The van der Waals surface area contributed by atoms with Gasteiger partial charge < -0.3 is 4.74 Å². The quantitative estimate of drug-likeness (QED) is 0.759. The minimum Gasteiger partial charge on any atom is -0.461 e. The normalized spacial score (nSPS) is 10.5. The topological polar surface area (TPSA) is 52.1 Å². The third-order valence-electron chi connectivity index (χ3n) is 2.45. The van der Waals surface area contributed by atoms with E-state index in [9.17, 15) is 4.79 Å². The lowest BCUT2D eigenvalue weighted by atomic mass is 10.2. The third-order valence-corrected chi connectivity index (χ3v) is 2.45. The van der Waals surface area contributed by atoms with Crippen LogP contribution in [0.5, 0.6) is 0 Å². The molecule has 0 unspecified atom stereocenters. The summed E-state index contributed by atoms with van der Waals surface area (Å²) in [5.41, 5.74) is 2.53. The van der Waals surface area contributed by atoms with Gasteiger partial charge in [0.2, 0.25) is 0 Å². The Bertz CT molecular complexity index is 552. The van der Waals surface area contributed by atoms with Crippen molar-refractivity contribution in [3.05, 3.63) is 35.7 Å². The predicted octanol–water partition coefficient (Wildman–Crippen LogP) is 2.37. The maximum absolute atomic E-state index is 11.7. The first-order chi connectivity index (χ1) is 8.26. The minimum absolute atomic E-state index is 0.327. The molecule has 4 heteroatoms. The van der Waals surface area contributed by atoms with E-state index in [0.29, 0.717) is 29.9 Å². The molecule has 2 aromatic rings. The number of carbonyl (C=O) groups excluding carboxylic acids is 1. The smallest absolute Gasteiger partial charge is 0.358 e. The average molecular weight is 230 g/mol. The van der Waals surface area contributed by atoms with E-state index in [1.165, 1.54) is 0 Å². The van der Waals surface area contributed by atoms with Crippen LogP contribution in [0.2, 0.25) is 0 Å². The van der Waals surface area contributed by atoms with E-state index in [-0.39, 0.29) is 0 Å². The second kappa shape index (κ2) is 4.91. The molecule has 1 heterocycles. The van der Waals surface area contributed by atoms with Gasteiger partial charge in [-0.2, -0.15) is 0 Å². The number of aryl methyl sites for hydroxylation is 1. The Morgan fingerprint density at radius 1 is 1.18 bits per heavy atom. The number of fused-ring (bicyclic) bond motifs is 1. The van der Waals surface area contributed by atoms with E-state index in [4.69, 9.17) is 4.74 Å². The molecule has 2 rings (SSSR count). The first kappa shape index (κ1) is 11.5. The number of aromatic nitrogens is 2. The molecule has 0 fully saturated rings. The molecule has 0 saturated heterocycles. The molecule has 1 aromatic heterocycles. The summed E-state index contributed by atoms with van der Waals surface area (Å²) in [5.74, 6) is -0.400. The number of para-hydroxylation sites is 2. The second-order valence-corrected chi connectivity index (χ2v) is 3.58. The first-order valence-electron chi connectivity index (χ1n) is 5.69. The molecule has 17 heavy (non-hydrogen) atoms. The highest BCUT2D eigenvalue weighted by atomic mass is 16.5. The van der Waals surface area contributed by atoms with Crippen LogP contribution in [0, 0.1) is 0 Å². The van der Waals surface area contributed by atoms with Gasteiger partial charge in [-0.25, -0.2) is 14.8 Å². The molecule has 0 amide bonds. The predicted molar refractivity (Wildman–Crippen MR) is 64.9 cm³/mol. The van der Waals surface area contributed by atoms with Gasteiger partial charge in [0, 0.05) is 0 Å². The van der Waals surface area contributed by atoms with Gasteiger partial charge in [-0.15, -0.1) is 0 Å². The molecule has 4 nitrogen and oxygen atoms in total. The SMILES string of the molecule is CCOC(=O)c1nc2ccccc2nc1CC. The lowest BCUT2D eigenvalue weighted by Crippen LogP contribution is -2.12. The Labute approximate surface area is 99.7 Å². The van der Waals surface area contributed by atoms with Crippen molar-refractivity contribution in [2.75, 3.05) is 6.61 Å². The first-order valence-corrected chi connectivity index (χ1v) is 5.69. The lowest BCUT2D eigenvalue weighted by molar-refractivity contribution is 0.0518. The van der Waals surface area contributed by atoms with Crippen molar-refractivity contribution in [3.63, 3.8) is 0 Å². The molecule has 0 aliphatic carbocycles. The van der Waals surface area contributed by atoms with Crippen LogP contribution in [0.3, 0.4) is 0 Å². The minimum atomic E-state index is -0.400. The van der Waals surface area contributed by atoms with Crippen LogP contribution in [0.15, 0.2) is 24.3 Å². The van der Waals surface area contributed by atoms with Gasteiger partial charge in [-0.1, -0.05) is 19.1 Å². The number of ether oxygens (including phenoxy) is 1. The summed E-state index contributed by atoms with van der Waals surface area (Å²) in [5, 5.41) is 0. The van der Waals surface area contributed by atoms with Gasteiger partial charge in [0.25, 0.3) is 0 Å². The van der Waals surface area contributed by atoms with Gasteiger partial charge in [0.05, 0.1) is 23.3 Å². The summed E-state index contributed by atoms with van der Waals surface area (Å²) in [7, 11) is 0. The zero-order valence-electron chi connectivity index (χ0n) is 9.93. The summed E-state index contributed by atoms with van der Waals surface area (Å²) in [6, 6.07) is 7.50. The van der Waals surface area contributed by atoms with Gasteiger partial charge in [0.15, 0.2) is 5.69 Å². The lowest BCUT2D eigenvalue weighted by Gasteiger charge is -2.07. The highest BCUT2D eigenvalue weighted by Gasteiger charge is 2.15. The summed E-state index contributed by atoms with van der Waals surface area (Å²) in [6.45, 7) is 4.07. The third kappa shape index (κ3) is 2.25. The molecular formula is C13H14N2O2. The van der Waals surface area contributed by atoms with Crippen molar-refractivity contribution in [3.8, 4) is 0 Å². The Hall–Kier alpha value is -1.97. The molecule has 0 saturated carbocycles. The van der Waals surface area contributed by atoms with Crippen LogP contribution in [0.4, 0.5) is 0 Å². The van der Waals surface area contributed by atoms with Crippen molar-refractivity contribution < 1.29 is 9.53 Å². The Morgan fingerprint density at radius 2 is 1.82 bits per heavy atom. The molecule has 0 spiro atoms. The van der Waals surface area contributed by atoms with Gasteiger partial charge in [-0.3, -0.25) is 0 Å². The molecule has 0 aliphatic rings. The molecule has 0 radical (unpaired) electrons. The fraction of sp³-hybridized carbons (Fsp3) is 0.308. The van der Waals surface area contributed by atoms with Crippen molar-refractivity contribution in [2.45, 2.75) is 20.3 Å². The van der Waals surface area contributed by atoms with E-state index in [1.54, 1.807) is 6.92 Å². The summed E-state index contributed by atoms with van der Waals surface area (Å²) in [6.07, 6.45) is 0.659. The van der Waals surface area contributed by atoms with E-state index < -0.39 is 5.97 Å². The Balaban J connectivity index is 2.56. The van der Waals surface area contributed by atoms with Crippen LogP contribution in [-0.4, -0.2) is 22.5 Å². The van der Waals surface area contributed by atoms with Crippen LogP contribution in [-0.2, 0) is 11.2 Å². The molecular weight excluding hydrogens is 216 g/mol. The van der Waals surface area contributed by atoms with E-state index in [1.807, 2.05) is 31.2 Å². The fourth-order valence-electron chi connectivity index (χ4n) is 1.65. The molecule has 0 N–H and O–H groups in total. The molecule has 88 valence electrons. The summed E-state index contributed by atoms with van der Waals surface area (Å²) in [4.78, 5) is 20.5. The molecule has 0 aliphatic heterocycles. The number of hydrogen-bond acceptors (Lipinski definition) is 4. The van der Waals surface area contributed by atoms with Crippen LogP contribution < -0.4 is 0 Å². The van der Waals surface area contributed by atoms with Crippen molar-refractivity contribution in [2.24, 2.45) is 0 Å². The highest BCUT2D eigenvalue weighted by molar-refractivity contribution is 5.91. The van der Waals surface area contributed by atoms with Crippen molar-refractivity contribution >= 4 is 17.0 Å². The second-order valence-electron chi connectivity index (χ2n) is 3.58. The molecule has 0 bridgehead atoms. The monoisotopic (exact) mass is 230 g/mol. The maximum atomic E-state index is 11.7. The van der Waals surface area contributed by atoms with Gasteiger partial charge in [0.1, 0.15) is 0 Å². The van der Waals surface area contributed by atoms with E-state index in [0.717, 1.165) is 5.52 Å². The van der Waals surface area contributed by atoms with Crippen LogP contribution >= 0.6 is 0 Å². The Kier molecular flexibility index (Phi) is 3.32. The van der Waals surface area contributed by atoms with E-state index >= 15 is 0 Å². The largest absolute Gasteiger partial charge is 0.461 e. The summed E-state index contributed by atoms with van der Waals surface area (Å²) < 4.78 is 4.98. The van der Waals surface area contributed by atoms with Crippen molar-refractivity contribution in [1.29, 1.82) is 0 Å². The highest BCUT2D eigenvalue weighted by Crippen LogP contribution is 2.14. The number of carbonyl (C=O) groups is 1. The van der Waals surface area contributed by atoms with Gasteiger partial charge in [-0.05, 0) is 25.5 Å². The number of benzene rings is 1. The number of esters is 1. The number of hydrogen-bond donors (Lipinski definition) is 0. The summed E-state index contributed by atoms with van der Waals surface area (Å²) >= 11 is 0. The average Bonchev–Trinajstić information content (AvgIpc) is 2.37.